The quantitative estimate of drug-likeness (QED) is 0.847. The van der Waals surface area contributed by atoms with E-state index in [1.54, 1.807) is 11.3 Å². The number of likely N-dealkylation sites (tertiary alicyclic amines) is 1. The van der Waals surface area contributed by atoms with E-state index in [0.717, 1.165) is 0 Å². The third kappa shape index (κ3) is 3.58. The van der Waals surface area contributed by atoms with Crippen LogP contribution in [-0.4, -0.2) is 36.6 Å². The van der Waals surface area contributed by atoms with Gasteiger partial charge in [0.25, 0.3) is 0 Å². The van der Waals surface area contributed by atoms with Gasteiger partial charge in [-0.2, -0.15) is 11.3 Å². The van der Waals surface area contributed by atoms with E-state index in [0.29, 0.717) is 12.1 Å². The molecular weight excluding hydrogens is 216 g/mol. The van der Waals surface area contributed by atoms with Crippen LogP contribution in [0.1, 0.15) is 25.8 Å². The minimum atomic E-state index is 0.613. The van der Waals surface area contributed by atoms with Crippen LogP contribution >= 0.6 is 11.3 Å². The van der Waals surface area contributed by atoms with E-state index in [9.17, 15) is 0 Å². The predicted octanol–water partition coefficient (Wildman–Crippen LogP) is 2.36. The Morgan fingerprint density at radius 1 is 1.56 bits per heavy atom. The van der Waals surface area contributed by atoms with Crippen molar-refractivity contribution in [2.24, 2.45) is 0 Å². The lowest BCUT2D eigenvalue weighted by atomic mass is 10.2. The molecular formula is C13H22N2S. The lowest BCUT2D eigenvalue weighted by molar-refractivity contribution is 0.328. The van der Waals surface area contributed by atoms with Gasteiger partial charge in [-0.1, -0.05) is 13.8 Å². The SMILES string of the molecule is CC(C)NC1CCN(CCc2ccsc2)C1. The normalized spacial score (nSPS) is 22.1. The number of rotatable bonds is 5. The molecule has 0 saturated carbocycles. The van der Waals surface area contributed by atoms with Crippen molar-refractivity contribution in [2.45, 2.75) is 38.8 Å². The molecule has 1 unspecified atom stereocenters. The maximum absolute atomic E-state index is 3.63. The highest BCUT2D eigenvalue weighted by Crippen LogP contribution is 2.12. The summed E-state index contributed by atoms with van der Waals surface area (Å²) < 4.78 is 0. The van der Waals surface area contributed by atoms with Crippen LogP contribution in [0.15, 0.2) is 16.8 Å². The molecule has 1 N–H and O–H groups in total. The van der Waals surface area contributed by atoms with Crippen molar-refractivity contribution in [3.8, 4) is 0 Å². The summed E-state index contributed by atoms with van der Waals surface area (Å²) in [6, 6.07) is 3.56. The molecule has 0 aliphatic carbocycles. The van der Waals surface area contributed by atoms with Crippen LogP contribution in [0.25, 0.3) is 0 Å². The minimum Gasteiger partial charge on any atom is -0.310 e. The third-order valence-electron chi connectivity index (χ3n) is 3.14. The van der Waals surface area contributed by atoms with Crippen LogP contribution in [0, 0.1) is 0 Å². The summed E-state index contributed by atoms with van der Waals surface area (Å²) in [5, 5.41) is 8.06. The molecule has 0 bridgehead atoms. The maximum atomic E-state index is 3.63. The molecule has 0 spiro atoms. The Hall–Kier alpha value is -0.380. The van der Waals surface area contributed by atoms with Crippen molar-refractivity contribution in [2.75, 3.05) is 19.6 Å². The number of thiophene rings is 1. The first-order valence-corrected chi connectivity index (χ1v) is 7.18. The van der Waals surface area contributed by atoms with E-state index >= 15 is 0 Å². The highest BCUT2D eigenvalue weighted by Gasteiger charge is 2.21. The van der Waals surface area contributed by atoms with E-state index in [2.05, 4.69) is 40.9 Å². The Labute approximate surface area is 103 Å². The fourth-order valence-electron chi connectivity index (χ4n) is 2.37. The topological polar surface area (TPSA) is 15.3 Å². The smallest absolute Gasteiger partial charge is 0.0209 e. The van der Waals surface area contributed by atoms with E-state index in [4.69, 9.17) is 0 Å². The van der Waals surface area contributed by atoms with Crippen LogP contribution in [0.3, 0.4) is 0 Å². The molecule has 2 heterocycles. The summed E-state index contributed by atoms with van der Waals surface area (Å²) >= 11 is 1.80. The number of hydrogen-bond donors (Lipinski definition) is 1. The summed E-state index contributed by atoms with van der Waals surface area (Å²) in [6.45, 7) is 8.16. The molecule has 0 aromatic carbocycles. The standard InChI is InChI=1S/C13H22N2S/c1-11(2)14-13-4-7-15(9-13)6-3-12-5-8-16-10-12/h5,8,10-11,13-14H,3-4,6-7,9H2,1-2H3. The molecule has 16 heavy (non-hydrogen) atoms. The highest BCUT2D eigenvalue weighted by molar-refractivity contribution is 7.07. The van der Waals surface area contributed by atoms with E-state index < -0.39 is 0 Å². The molecule has 2 nitrogen and oxygen atoms in total. The summed E-state index contributed by atoms with van der Waals surface area (Å²) in [7, 11) is 0. The molecule has 0 amide bonds. The predicted molar refractivity (Wildman–Crippen MR) is 71.1 cm³/mol. The average molecular weight is 238 g/mol. The van der Waals surface area contributed by atoms with Crippen molar-refractivity contribution in [3.05, 3.63) is 22.4 Å². The molecule has 90 valence electrons. The van der Waals surface area contributed by atoms with Crippen LogP contribution < -0.4 is 5.32 Å². The van der Waals surface area contributed by atoms with Crippen LogP contribution in [0.2, 0.25) is 0 Å². The molecule has 1 aliphatic rings. The monoisotopic (exact) mass is 238 g/mol. The van der Waals surface area contributed by atoms with Crippen LogP contribution in [0.5, 0.6) is 0 Å². The van der Waals surface area contributed by atoms with Gasteiger partial charge in [0.05, 0.1) is 0 Å². The molecule has 3 heteroatoms. The Morgan fingerprint density at radius 3 is 3.12 bits per heavy atom. The number of nitrogens with zero attached hydrogens (tertiary/aromatic N) is 1. The lowest BCUT2D eigenvalue weighted by Gasteiger charge is -2.18. The first-order valence-electron chi connectivity index (χ1n) is 6.23. The zero-order valence-corrected chi connectivity index (χ0v) is 11.1. The highest BCUT2D eigenvalue weighted by atomic mass is 32.1. The van der Waals surface area contributed by atoms with Gasteiger partial charge in [-0.3, -0.25) is 0 Å². The average Bonchev–Trinajstić information content (AvgIpc) is 2.84. The van der Waals surface area contributed by atoms with Gasteiger partial charge >= 0.3 is 0 Å². The van der Waals surface area contributed by atoms with Gasteiger partial charge in [-0.05, 0) is 41.8 Å². The number of hydrogen-bond acceptors (Lipinski definition) is 3. The summed E-state index contributed by atoms with van der Waals surface area (Å²) in [4.78, 5) is 2.58. The zero-order valence-electron chi connectivity index (χ0n) is 10.3. The Kier molecular flexibility index (Phi) is 4.38. The van der Waals surface area contributed by atoms with Crippen molar-refractivity contribution in [3.63, 3.8) is 0 Å². The van der Waals surface area contributed by atoms with Crippen molar-refractivity contribution < 1.29 is 0 Å². The summed E-state index contributed by atoms with van der Waals surface area (Å²) in [5.41, 5.74) is 1.49. The first-order chi connectivity index (χ1) is 7.74. The Morgan fingerprint density at radius 2 is 2.44 bits per heavy atom. The number of nitrogens with one attached hydrogen (secondary N) is 1. The third-order valence-corrected chi connectivity index (χ3v) is 3.87. The minimum absolute atomic E-state index is 0.613. The lowest BCUT2D eigenvalue weighted by Crippen LogP contribution is -2.37. The molecule has 1 atom stereocenters. The molecule has 1 fully saturated rings. The molecule has 1 aliphatic heterocycles. The van der Waals surface area contributed by atoms with Gasteiger partial charge in [0.2, 0.25) is 0 Å². The van der Waals surface area contributed by atoms with Gasteiger partial charge < -0.3 is 10.2 Å². The second kappa shape index (κ2) is 5.80. The first kappa shape index (κ1) is 12.1. The van der Waals surface area contributed by atoms with E-state index in [1.165, 1.54) is 38.0 Å². The van der Waals surface area contributed by atoms with Crippen LogP contribution in [-0.2, 0) is 6.42 Å². The summed E-state index contributed by atoms with van der Waals surface area (Å²) in [5.74, 6) is 0. The molecule has 1 aromatic heterocycles. The Bertz CT molecular complexity index is 295. The van der Waals surface area contributed by atoms with Gasteiger partial charge in [0.15, 0.2) is 0 Å². The molecule has 0 radical (unpaired) electrons. The molecule has 1 aromatic rings. The molecule has 1 saturated heterocycles. The molecule has 2 rings (SSSR count). The fraction of sp³-hybridized carbons (Fsp3) is 0.692. The van der Waals surface area contributed by atoms with Crippen molar-refractivity contribution in [1.29, 1.82) is 0 Å². The van der Waals surface area contributed by atoms with Gasteiger partial charge in [0, 0.05) is 25.2 Å². The second-order valence-corrected chi connectivity index (χ2v) is 5.77. The van der Waals surface area contributed by atoms with Gasteiger partial charge in [-0.15, -0.1) is 0 Å². The van der Waals surface area contributed by atoms with E-state index in [1.807, 2.05) is 0 Å². The van der Waals surface area contributed by atoms with Crippen LogP contribution in [0.4, 0.5) is 0 Å². The maximum Gasteiger partial charge on any atom is 0.0209 e. The van der Waals surface area contributed by atoms with Crippen molar-refractivity contribution in [1.82, 2.24) is 10.2 Å². The largest absolute Gasteiger partial charge is 0.310 e. The van der Waals surface area contributed by atoms with Gasteiger partial charge in [-0.25, -0.2) is 0 Å². The zero-order chi connectivity index (χ0) is 11.4. The van der Waals surface area contributed by atoms with Crippen molar-refractivity contribution >= 4 is 11.3 Å². The second-order valence-electron chi connectivity index (χ2n) is 4.99. The Balaban J connectivity index is 1.69. The fourth-order valence-corrected chi connectivity index (χ4v) is 3.07. The van der Waals surface area contributed by atoms with Gasteiger partial charge in [0.1, 0.15) is 0 Å². The summed E-state index contributed by atoms with van der Waals surface area (Å²) in [6.07, 6.45) is 2.51. The van der Waals surface area contributed by atoms with E-state index in [-0.39, 0.29) is 0 Å².